The largest absolute Gasteiger partial charge is 0.307 e. The maximum absolute atomic E-state index is 14.4. The van der Waals surface area contributed by atoms with E-state index in [1.165, 1.54) is 16.7 Å². The van der Waals surface area contributed by atoms with E-state index >= 15 is 0 Å². The van der Waals surface area contributed by atoms with Gasteiger partial charge in [0, 0.05) is 14.7 Å². The second kappa shape index (κ2) is 12.1. The molecular weight excluding hydrogens is 593 g/mol. The average molecular weight is 645 g/mol. The van der Waals surface area contributed by atoms with Gasteiger partial charge in [0.2, 0.25) is 0 Å². The molecule has 0 amide bonds. The highest BCUT2D eigenvalue weighted by Crippen LogP contribution is 2.70. The van der Waals surface area contributed by atoms with Crippen molar-refractivity contribution < 1.29 is 12.0 Å². The van der Waals surface area contributed by atoms with Crippen LogP contribution >= 0.6 is 10.3 Å². The first-order valence-electron chi connectivity index (χ1n) is 15.8. The molecule has 0 N–H and O–H groups in total. The Kier molecular flexibility index (Phi) is 9.38. The van der Waals surface area contributed by atoms with Crippen molar-refractivity contribution >= 4 is 20.4 Å². The van der Waals surface area contributed by atoms with E-state index < -0.39 is 20.4 Å². The van der Waals surface area contributed by atoms with Gasteiger partial charge in [-0.3, -0.25) is 0 Å². The predicted octanol–water partition coefficient (Wildman–Crippen LogP) is 11.5. The van der Waals surface area contributed by atoms with Crippen LogP contribution in [0.1, 0.15) is 105 Å². The van der Waals surface area contributed by atoms with Gasteiger partial charge in [0.25, 0.3) is 0 Å². The Labute approximate surface area is 275 Å². The molecule has 5 heteroatoms. The molecule has 0 unspecified atom stereocenters. The number of rotatable bonds is 6. The Hall–Kier alpha value is -2.86. The van der Waals surface area contributed by atoms with Crippen molar-refractivity contribution in [2.45, 2.75) is 124 Å². The van der Waals surface area contributed by atoms with Crippen molar-refractivity contribution in [3.8, 4) is 0 Å². The number of benzene rings is 4. The fraction of sp³-hybridized carbons (Fsp3) is 0.400. The van der Waals surface area contributed by atoms with Gasteiger partial charge in [0.15, 0.2) is 0 Å². The molecule has 0 spiro atoms. The molecule has 0 fully saturated rings. The van der Waals surface area contributed by atoms with Crippen molar-refractivity contribution in [1.29, 1.82) is 0 Å². The SMILES string of the molecule is CC(C)(C)c1ccc(S(OS(=O)(=O)c2ccc(C(C)(C)C)cc2)(c2ccc(C(C)(C)C)cc2)c2ccc(C(C)(C)C)cc2)cc1. The monoisotopic (exact) mass is 644 g/mol. The smallest absolute Gasteiger partial charge is 0.203 e. The number of hydrogen-bond acceptors (Lipinski definition) is 3. The van der Waals surface area contributed by atoms with E-state index in [4.69, 9.17) is 3.63 Å². The van der Waals surface area contributed by atoms with Crippen LogP contribution in [0.2, 0.25) is 0 Å². The summed E-state index contributed by atoms with van der Waals surface area (Å²) in [5, 5.41) is 0. The highest BCUT2D eigenvalue weighted by Gasteiger charge is 2.39. The minimum atomic E-state index is -4.20. The van der Waals surface area contributed by atoms with Gasteiger partial charge in [-0.1, -0.05) is 132 Å². The molecule has 4 aromatic carbocycles. The van der Waals surface area contributed by atoms with E-state index in [9.17, 15) is 8.42 Å². The van der Waals surface area contributed by atoms with Crippen LogP contribution in [0.5, 0.6) is 0 Å². The van der Waals surface area contributed by atoms with Crippen molar-refractivity contribution in [1.82, 2.24) is 0 Å². The standard InChI is InChI=1S/C40H52O3S2/c1-37(2,3)29-13-21-33(22-14-29)44(34-23-15-30(16-24-34)38(4,5)6,35-25-17-31(18-26-35)39(7,8)9)43-45(41,42)36-27-19-32(20-28-36)40(10,11)12/h13-28H,1-12H3. The molecule has 3 nitrogen and oxygen atoms in total. The second-order valence-corrected chi connectivity index (χ2v) is 20.6. The quantitative estimate of drug-likeness (QED) is 0.210. The summed E-state index contributed by atoms with van der Waals surface area (Å²) in [6.45, 7) is 26.0. The molecule has 0 saturated heterocycles. The van der Waals surface area contributed by atoms with Gasteiger partial charge in [-0.05, 0) is 103 Å². The molecule has 0 aliphatic carbocycles. The lowest BCUT2D eigenvalue weighted by atomic mass is 9.87. The summed E-state index contributed by atoms with van der Waals surface area (Å²) < 4.78 is 35.5. The topological polar surface area (TPSA) is 43.4 Å². The summed E-state index contributed by atoms with van der Waals surface area (Å²) in [5.74, 6) is 0. The summed E-state index contributed by atoms with van der Waals surface area (Å²) in [6, 6.07) is 32.1. The molecule has 0 bridgehead atoms. The third-order valence-corrected chi connectivity index (χ3v) is 13.5. The summed E-state index contributed by atoms with van der Waals surface area (Å²) in [7, 11) is -6.95. The van der Waals surface area contributed by atoms with Crippen molar-refractivity contribution in [2.75, 3.05) is 0 Å². The maximum Gasteiger partial charge on any atom is 0.307 e. The molecular formula is C40H52O3S2. The van der Waals surface area contributed by atoms with Gasteiger partial charge in [-0.2, -0.15) is 8.42 Å². The fourth-order valence-electron chi connectivity index (χ4n) is 5.26. The van der Waals surface area contributed by atoms with Crippen molar-refractivity contribution in [3.05, 3.63) is 119 Å². The van der Waals surface area contributed by atoms with Gasteiger partial charge in [-0.25, -0.2) is 3.63 Å². The lowest BCUT2D eigenvalue weighted by Crippen LogP contribution is -2.17. The lowest BCUT2D eigenvalue weighted by molar-refractivity contribution is 0.507. The van der Waals surface area contributed by atoms with Gasteiger partial charge in [0.1, 0.15) is 0 Å². The molecule has 242 valence electrons. The molecule has 45 heavy (non-hydrogen) atoms. The Morgan fingerprint density at radius 2 is 0.556 bits per heavy atom. The molecule has 0 aromatic heterocycles. The van der Waals surface area contributed by atoms with Crippen LogP contribution in [0.3, 0.4) is 0 Å². The van der Waals surface area contributed by atoms with E-state index in [0.29, 0.717) is 0 Å². The van der Waals surface area contributed by atoms with Crippen LogP contribution in [-0.4, -0.2) is 8.42 Å². The normalized spacial score (nSPS) is 14.0. The lowest BCUT2D eigenvalue weighted by Gasteiger charge is -2.40. The van der Waals surface area contributed by atoms with E-state index in [-0.39, 0.29) is 26.6 Å². The molecule has 0 aliphatic heterocycles. The van der Waals surface area contributed by atoms with Crippen LogP contribution in [0.4, 0.5) is 0 Å². The zero-order chi connectivity index (χ0) is 33.6. The third kappa shape index (κ3) is 7.59. The average Bonchev–Trinajstić information content (AvgIpc) is 2.94. The van der Waals surface area contributed by atoms with Crippen LogP contribution in [-0.2, 0) is 35.4 Å². The zero-order valence-corrected chi connectivity index (χ0v) is 30.9. The Morgan fingerprint density at radius 1 is 0.356 bits per heavy atom. The molecule has 0 atom stereocenters. The predicted molar refractivity (Wildman–Crippen MR) is 191 cm³/mol. The van der Waals surface area contributed by atoms with Crippen LogP contribution in [0.25, 0.3) is 0 Å². The van der Waals surface area contributed by atoms with Gasteiger partial charge >= 0.3 is 10.1 Å². The Balaban J connectivity index is 2.03. The maximum atomic E-state index is 14.4. The number of hydrogen-bond donors (Lipinski definition) is 0. The van der Waals surface area contributed by atoms with Crippen LogP contribution in [0.15, 0.2) is 117 Å². The molecule has 0 aliphatic rings. The molecule has 0 heterocycles. The zero-order valence-electron chi connectivity index (χ0n) is 29.3. The van der Waals surface area contributed by atoms with Gasteiger partial charge in [-0.15, -0.1) is 0 Å². The van der Waals surface area contributed by atoms with Crippen molar-refractivity contribution in [3.63, 3.8) is 0 Å². The third-order valence-electron chi connectivity index (χ3n) is 8.36. The van der Waals surface area contributed by atoms with E-state index in [0.717, 1.165) is 20.2 Å². The summed E-state index contributed by atoms with van der Waals surface area (Å²) >= 11 is 0. The van der Waals surface area contributed by atoms with Crippen LogP contribution in [0, 0.1) is 0 Å². The first kappa shape index (κ1) is 35.0. The summed E-state index contributed by atoms with van der Waals surface area (Å²) in [6.07, 6.45) is 0. The molecule has 0 saturated carbocycles. The highest BCUT2D eigenvalue weighted by molar-refractivity contribution is 8.33. The fourth-order valence-corrected chi connectivity index (χ4v) is 10.4. The van der Waals surface area contributed by atoms with E-state index in [2.05, 4.69) is 156 Å². The highest BCUT2D eigenvalue weighted by atomic mass is 32.3. The molecule has 4 aromatic rings. The van der Waals surface area contributed by atoms with Crippen LogP contribution < -0.4 is 0 Å². The van der Waals surface area contributed by atoms with Gasteiger partial charge < -0.3 is 0 Å². The minimum absolute atomic E-state index is 0.0546. The summed E-state index contributed by atoms with van der Waals surface area (Å²) in [5.41, 5.74) is 4.32. The first-order valence-corrected chi connectivity index (χ1v) is 18.7. The summed E-state index contributed by atoms with van der Waals surface area (Å²) in [4.78, 5) is 2.64. The Bertz CT molecular complexity index is 1570. The van der Waals surface area contributed by atoms with Gasteiger partial charge in [0.05, 0.1) is 4.90 Å². The van der Waals surface area contributed by atoms with E-state index in [1.807, 2.05) is 12.1 Å². The minimum Gasteiger partial charge on any atom is -0.203 e. The molecule has 4 rings (SSSR count). The molecule has 0 radical (unpaired) electrons. The van der Waals surface area contributed by atoms with Crippen molar-refractivity contribution in [2.24, 2.45) is 0 Å². The Morgan fingerprint density at radius 3 is 0.756 bits per heavy atom. The second-order valence-electron chi connectivity index (χ2n) is 16.2. The van der Waals surface area contributed by atoms with E-state index in [1.54, 1.807) is 12.1 Å². The first-order chi connectivity index (χ1) is 20.5.